The zero-order valence-electron chi connectivity index (χ0n) is 14.8. The molecule has 2 aromatic carbocycles. The van der Waals surface area contributed by atoms with Crippen molar-refractivity contribution in [2.75, 3.05) is 11.1 Å². The molecular formula is C21H22N2OS. The highest BCUT2D eigenvalue weighted by Crippen LogP contribution is 2.26. The van der Waals surface area contributed by atoms with Gasteiger partial charge in [-0.25, -0.2) is 4.98 Å². The number of benzene rings is 2. The molecule has 0 saturated heterocycles. The Balaban J connectivity index is 1.73. The Labute approximate surface area is 152 Å². The number of para-hydroxylation sites is 1. The molecule has 4 heteroatoms. The molecule has 0 aliphatic carbocycles. The van der Waals surface area contributed by atoms with Crippen LogP contribution in [0.3, 0.4) is 0 Å². The first-order valence-electron chi connectivity index (χ1n) is 8.46. The number of hydrogen-bond acceptors (Lipinski definition) is 3. The summed E-state index contributed by atoms with van der Waals surface area (Å²) in [7, 11) is 0. The van der Waals surface area contributed by atoms with Gasteiger partial charge in [-0.2, -0.15) is 0 Å². The number of aromatic nitrogens is 1. The first-order chi connectivity index (χ1) is 12.1. The summed E-state index contributed by atoms with van der Waals surface area (Å²) in [6, 6.07) is 16.2. The zero-order valence-corrected chi connectivity index (χ0v) is 15.6. The Morgan fingerprint density at radius 2 is 1.92 bits per heavy atom. The highest BCUT2D eigenvalue weighted by Gasteiger charge is 2.11. The molecule has 0 atom stereocenters. The fourth-order valence-corrected chi connectivity index (χ4v) is 3.62. The van der Waals surface area contributed by atoms with Crippen molar-refractivity contribution >= 4 is 34.3 Å². The predicted octanol–water partition coefficient (Wildman–Crippen LogP) is 5.14. The van der Waals surface area contributed by atoms with Crippen molar-refractivity contribution in [2.45, 2.75) is 32.2 Å². The summed E-state index contributed by atoms with van der Waals surface area (Å²) in [5.74, 6) is 0.349. The van der Waals surface area contributed by atoms with Crippen molar-refractivity contribution < 1.29 is 4.79 Å². The zero-order chi connectivity index (χ0) is 17.8. The third-order valence-corrected chi connectivity index (χ3v) is 5.40. The first kappa shape index (κ1) is 17.5. The standard InChI is InChI=1S/C21H22N2OS/c1-4-16-12-17-9-5-6-10-19(17)23-21(16)25-13-20(24)22-18-11-7-8-14(2)15(18)3/h5-12H,4,13H2,1-3H3,(H,22,24). The summed E-state index contributed by atoms with van der Waals surface area (Å²) in [6.07, 6.45) is 0.902. The molecule has 3 rings (SSSR count). The Morgan fingerprint density at radius 3 is 2.72 bits per heavy atom. The second-order valence-corrected chi connectivity index (χ2v) is 7.05. The molecule has 3 aromatic rings. The topological polar surface area (TPSA) is 42.0 Å². The van der Waals surface area contributed by atoms with E-state index in [9.17, 15) is 4.79 Å². The highest BCUT2D eigenvalue weighted by molar-refractivity contribution is 8.00. The van der Waals surface area contributed by atoms with E-state index in [0.717, 1.165) is 33.6 Å². The number of pyridine rings is 1. The fourth-order valence-electron chi connectivity index (χ4n) is 2.73. The lowest BCUT2D eigenvalue weighted by molar-refractivity contribution is -0.113. The molecule has 0 aliphatic rings. The van der Waals surface area contributed by atoms with E-state index in [1.54, 1.807) is 0 Å². The second kappa shape index (κ2) is 7.70. The van der Waals surface area contributed by atoms with Gasteiger partial charge in [-0.05, 0) is 55.2 Å². The third-order valence-electron chi connectivity index (χ3n) is 4.36. The summed E-state index contributed by atoms with van der Waals surface area (Å²) >= 11 is 1.50. The van der Waals surface area contributed by atoms with Gasteiger partial charge in [0, 0.05) is 11.1 Å². The van der Waals surface area contributed by atoms with Crippen molar-refractivity contribution in [1.82, 2.24) is 4.98 Å². The summed E-state index contributed by atoms with van der Waals surface area (Å²) in [6.45, 7) is 6.19. The molecule has 0 aliphatic heterocycles. The summed E-state index contributed by atoms with van der Waals surface area (Å²) in [5, 5.41) is 5.09. The maximum atomic E-state index is 12.4. The minimum absolute atomic E-state index is 0.00397. The van der Waals surface area contributed by atoms with Gasteiger partial charge < -0.3 is 5.32 Å². The van der Waals surface area contributed by atoms with E-state index in [4.69, 9.17) is 4.98 Å². The molecule has 0 fully saturated rings. The van der Waals surface area contributed by atoms with Crippen LogP contribution < -0.4 is 5.32 Å². The lowest BCUT2D eigenvalue weighted by atomic mass is 10.1. The highest BCUT2D eigenvalue weighted by atomic mass is 32.2. The van der Waals surface area contributed by atoms with Crippen molar-refractivity contribution in [3.05, 3.63) is 65.2 Å². The van der Waals surface area contributed by atoms with Gasteiger partial charge in [0.1, 0.15) is 5.03 Å². The number of rotatable bonds is 5. The van der Waals surface area contributed by atoms with Crippen LogP contribution in [0.4, 0.5) is 5.69 Å². The van der Waals surface area contributed by atoms with Crippen LogP contribution in [0.5, 0.6) is 0 Å². The van der Waals surface area contributed by atoms with E-state index in [2.05, 4.69) is 24.4 Å². The molecule has 0 radical (unpaired) electrons. The minimum atomic E-state index is -0.00397. The molecule has 0 unspecified atom stereocenters. The van der Waals surface area contributed by atoms with Crippen LogP contribution in [0.1, 0.15) is 23.6 Å². The van der Waals surface area contributed by atoms with E-state index >= 15 is 0 Å². The molecule has 3 nitrogen and oxygen atoms in total. The van der Waals surface area contributed by atoms with Gasteiger partial charge in [0.05, 0.1) is 11.3 Å². The maximum Gasteiger partial charge on any atom is 0.234 e. The predicted molar refractivity (Wildman–Crippen MR) is 106 cm³/mol. The van der Waals surface area contributed by atoms with E-state index in [1.165, 1.54) is 22.9 Å². The normalized spacial score (nSPS) is 10.8. The van der Waals surface area contributed by atoms with Gasteiger partial charge in [-0.1, -0.05) is 49.0 Å². The first-order valence-corrected chi connectivity index (χ1v) is 9.44. The number of amides is 1. The molecule has 1 aromatic heterocycles. The number of nitrogens with zero attached hydrogens (tertiary/aromatic N) is 1. The molecular weight excluding hydrogens is 328 g/mol. The van der Waals surface area contributed by atoms with Gasteiger partial charge in [0.25, 0.3) is 0 Å². The van der Waals surface area contributed by atoms with Gasteiger partial charge in [-0.3, -0.25) is 4.79 Å². The van der Waals surface area contributed by atoms with E-state index in [1.807, 2.05) is 50.2 Å². The molecule has 0 saturated carbocycles. The van der Waals surface area contributed by atoms with Gasteiger partial charge in [-0.15, -0.1) is 0 Å². The molecule has 128 valence electrons. The van der Waals surface area contributed by atoms with Gasteiger partial charge in [0.2, 0.25) is 5.91 Å². The van der Waals surface area contributed by atoms with Crippen molar-refractivity contribution in [2.24, 2.45) is 0 Å². The Kier molecular flexibility index (Phi) is 5.39. The Hall–Kier alpha value is -2.33. The molecule has 1 heterocycles. The number of carbonyl (C=O) groups is 1. The number of aryl methyl sites for hydroxylation is 2. The molecule has 25 heavy (non-hydrogen) atoms. The Bertz CT molecular complexity index is 921. The van der Waals surface area contributed by atoms with Crippen LogP contribution in [-0.2, 0) is 11.2 Å². The fraction of sp³-hybridized carbons (Fsp3) is 0.238. The van der Waals surface area contributed by atoms with Crippen molar-refractivity contribution in [1.29, 1.82) is 0 Å². The number of fused-ring (bicyclic) bond motifs is 1. The summed E-state index contributed by atoms with van der Waals surface area (Å²) in [4.78, 5) is 17.1. The Morgan fingerprint density at radius 1 is 1.12 bits per heavy atom. The number of hydrogen-bond donors (Lipinski definition) is 1. The lowest BCUT2D eigenvalue weighted by Gasteiger charge is -2.11. The van der Waals surface area contributed by atoms with Gasteiger partial charge >= 0.3 is 0 Å². The lowest BCUT2D eigenvalue weighted by Crippen LogP contribution is -2.15. The smallest absolute Gasteiger partial charge is 0.234 e. The van der Waals surface area contributed by atoms with Crippen LogP contribution in [0.25, 0.3) is 10.9 Å². The average Bonchev–Trinajstić information content (AvgIpc) is 2.63. The van der Waals surface area contributed by atoms with E-state index in [0.29, 0.717) is 5.75 Å². The second-order valence-electron chi connectivity index (χ2n) is 6.08. The van der Waals surface area contributed by atoms with E-state index in [-0.39, 0.29) is 5.91 Å². The van der Waals surface area contributed by atoms with Gasteiger partial charge in [0.15, 0.2) is 0 Å². The average molecular weight is 350 g/mol. The quantitative estimate of drug-likeness (QED) is 0.648. The van der Waals surface area contributed by atoms with Crippen LogP contribution in [0.2, 0.25) is 0 Å². The largest absolute Gasteiger partial charge is 0.325 e. The van der Waals surface area contributed by atoms with Crippen LogP contribution >= 0.6 is 11.8 Å². The van der Waals surface area contributed by atoms with Crippen LogP contribution in [0, 0.1) is 13.8 Å². The molecule has 1 N–H and O–H groups in total. The number of nitrogens with one attached hydrogen (secondary N) is 1. The minimum Gasteiger partial charge on any atom is -0.325 e. The molecule has 1 amide bonds. The van der Waals surface area contributed by atoms with Crippen LogP contribution in [-0.4, -0.2) is 16.6 Å². The summed E-state index contributed by atoms with van der Waals surface area (Å²) in [5.41, 5.74) is 5.32. The maximum absolute atomic E-state index is 12.4. The SMILES string of the molecule is CCc1cc2ccccc2nc1SCC(=O)Nc1cccc(C)c1C. The number of anilines is 1. The summed E-state index contributed by atoms with van der Waals surface area (Å²) < 4.78 is 0. The monoisotopic (exact) mass is 350 g/mol. The van der Waals surface area contributed by atoms with Crippen molar-refractivity contribution in [3.63, 3.8) is 0 Å². The van der Waals surface area contributed by atoms with Crippen LogP contribution in [0.15, 0.2) is 53.6 Å². The van der Waals surface area contributed by atoms with Crippen molar-refractivity contribution in [3.8, 4) is 0 Å². The molecule has 0 spiro atoms. The molecule has 0 bridgehead atoms. The number of carbonyl (C=O) groups excluding carboxylic acids is 1. The third kappa shape index (κ3) is 4.02. The van der Waals surface area contributed by atoms with E-state index < -0.39 is 0 Å². The number of thioether (sulfide) groups is 1.